The number of hydrogen-bond acceptors (Lipinski definition) is 4. The summed E-state index contributed by atoms with van der Waals surface area (Å²) in [5.74, 6) is -0.939. The summed E-state index contributed by atoms with van der Waals surface area (Å²) >= 11 is 13.6. The van der Waals surface area contributed by atoms with Gasteiger partial charge in [-0.15, -0.1) is 0 Å². The van der Waals surface area contributed by atoms with Crippen molar-refractivity contribution in [3.8, 4) is 0 Å². The fourth-order valence-corrected chi connectivity index (χ4v) is 3.91. The van der Waals surface area contributed by atoms with Crippen LogP contribution in [0.15, 0.2) is 53.5 Å². The molecule has 0 bridgehead atoms. The molecule has 1 heterocycles. The topological polar surface area (TPSA) is 60.7 Å². The van der Waals surface area contributed by atoms with E-state index in [0.717, 1.165) is 10.3 Å². The number of amides is 1. The molecule has 8 heteroatoms. The maximum atomic E-state index is 12.3. The number of rotatable bonds is 4. The fraction of sp³-hybridized carbons (Fsp3) is 0.105. The molecule has 0 saturated heterocycles. The zero-order valence-corrected chi connectivity index (χ0v) is 16.5. The maximum Gasteiger partial charge on any atom is 0.325 e. The number of carbonyl (C=O) groups excluding carboxylic acids is 2. The summed E-state index contributed by atoms with van der Waals surface area (Å²) in [6, 6.07) is 12.8. The van der Waals surface area contributed by atoms with E-state index in [-0.39, 0.29) is 6.54 Å². The third-order valence-corrected chi connectivity index (χ3v) is 5.51. The zero-order valence-electron chi connectivity index (χ0n) is 14.2. The van der Waals surface area contributed by atoms with E-state index in [0.29, 0.717) is 20.4 Å². The third kappa shape index (κ3) is 4.47. The van der Waals surface area contributed by atoms with Gasteiger partial charge in [-0.3, -0.25) is 9.59 Å². The van der Waals surface area contributed by atoms with Gasteiger partial charge in [0.15, 0.2) is 4.80 Å². The number of nitrogens with zero attached hydrogens (tertiary/aromatic N) is 2. The molecule has 0 fully saturated rings. The number of methoxy groups -OCH3 is 1. The number of aromatic nitrogens is 1. The second-order valence-electron chi connectivity index (χ2n) is 5.45. The van der Waals surface area contributed by atoms with E-state index in [2.05, 4.69) is 4.99 Å². The number of esters is 1. The summed E-state index contributed by atoms with van der Waals surface area (Å²) in [6.45, 7) is -0.134. The third-order valence-electron chi connectivity index (χ3n) is 3.67. The van der Waals surface area contributed by atoms with Crippen LogP contribution in [0.2, 0.25) is 10.0 Å². The van der Waals surface area contributed by atoms with Crippen molar-refractivity contribution in [2.75, 3.05) is 7.11 Å². The summed E-state index contributed by atoms with van der Waals surface area (Å²) in [6.07, 6.45) is 3.05. The van der Waals surface area contributed by atoms with E-state index in [1.165, 1.54) is 29.1 Å². The van der Waals surface area contributed by atoms with Crippen LogP contribution in [0.5, 0.6) is 0 Å². The smallest absolute Gasteiger partial charge is 0.325 e. The van der Waals surface area contributed by atoms with Gasteiger partial charge in [0.1, 0.15) is 6.54 Å². The number of thiazole rings is 1. The van der Waals surface area contributed by atoms with Crippen molar-refractivity contribution in [3.05, 3.63) is 69.0 Å². The number of carbonyl (C=O) groups is 2. The van der Waals surface area contributed by atoms with E-state index < -0.39 is 11.9 Å². The van der Waals surface area contributed by atoms with E-state index in [1.54, 1.807) is 18.2 Å². The number of benzene rings is 2. The van der Waals surface area contributed by atoms with Crippen LogP contribution in [-0.2, 0) is 20.9 Å². The quantitative estimate of drug-likeness (QED) is 0.466. The van der Waals surface area contributed by atoms with Gasteiger partial charge in [-0.1, -0.05) is 64.9 Å². The Hall–Kier alpha value is -2.41. The summed E-state index contributed by atoms with van der Waals surface area (Å²) in [5, 5.41) is 0.644. The van der Waals surface area contributed by atoms with Gasteiger partial charge in [-0.05, 0) is 23.8 Å². The standard InChI is InChI=1S/C19H14Cl2N2O3S/c1-26-16(25)11-23-18-14(9-8-13(20)17(18)21)27-19(23)22-15(24)10-7-12-5-3-2-4-6-12/h2-10H,11H2,1H3/b10-7+,22-19?. The highest BCUT2D eigenvalue weighted by Gasteiger charge is 2.15. The molecule has 1 aromatic heterocycles. The molecule has 0 aliphatic carbocycles. The number of hydrogen-bond donors (Lipinski definition) is 0. The first-order chi connectivity index (χ1) is 13.0. The van der Waals surface area contributed by atoms with Gasteiger partial charge < -0.3 is 9.30 Å². The van der Waals surface area contributed by atoms with Gasteiger partial charge in [-0.25, -0.2) is 0 Å². The first-order valence-electron chi connectivity index (χ1n) is 7.85. The van der Waals surface area contributed by atoms with Crippen LogP contribution in [0.1, 0.15) is 5.56 Å². The Morgan fingerprint density at radius 1 is 1.19 bits per heavy atom. The molecule has 0 radical (unpaired) electrons. The maximum absolute atomic E-state index is 12.3. The van der Waals surface area contributed by atoms with E-state index in [4.69, 9.17) is 27.9 Å². The molecule has 0 N–H and O–H groups in total. The van der Waals surface area contributed by atoms with Gasteiger partial charge in [0.25, 0.3) is 5.91 Å². The minimum absolute atomic E-state index is 0.134. The lowest BCUT2D eigenvalue weighted by Crippen LogP contribution is -2.22. The molecule has 27 heavy (non-hydrogen) atoms. The normalized spacial score (nSPS) is 12.0. The minimum Gasteiger partial charge on any atom is -0.468 e. The molecular weight excluding hydrogens is 407 g/mol. The van der Waals surface area contributed by atoms with E-state index in [1.807, 2.05) is 30.3 Å². The highest BCUT2D eigenvalue weighted by molar-refractivity contribution is 7.16. The first-order valence-corrected chi connectivity index (χ1v) is 9.43. The second kappa shape index (κ2) is 8.52. The highest BCUT2D eigenvalue weighted by Crippen LogP contribution is 2.32. The van der Waals surface area contributed by atoms with Gasteiger partial charge in [0.2, 0.25) is 0 Å². The van der Waals surface area contributed by atoms with Gasteiger partial charge in [0, 0.05) is 6.08 Å². The highest BCUT2D eigenvalue weighted by atomic mass is 35.5. The average Bonchev–Trinajstić information content (AvgIpc) is 3.01. The molecule has 0 saturated carbocycles. The molecule has 138 valence electrons. The zero-order chi connectivity index (χ0) is 19.4. The molecule has 0 spiro atoms. The van der Waals surface area contributed by atoms with Crippen LogP contribution >= 0.6 is 34.5 Å². The average molecular weight is 421 g/mol. The lowest BCUT2D eigenvalue weighted by molar-refractivity contribution is -0.141. The predicted octanol–water partition coefficient (Wildman–Crippen LogP) is 4.32. The largest absolute Gasteiger partial charge is 0.468 e. The van der Waals surface area contributed by atoms with Crippen molar-refractivity contribution in [1.29, 1.82) is 0 Å². The molecule has 0 aliphatic rings. The SMILES string of the molecule is COC(=O)Cn1c(=NC(=O)/C=C/c2ccccc2)sc2ccc(Cl)c(Cl)c21. The van der Waals surface area contributed by atoms with Crippen molar-refractivity contribution >= 4 is 62.7 Å². The fourth-order valence-electron chi connectivity index (χ4n) is 2.39. The number of fused-ring (bicyclic) bond motifs is 1. The van der Waals surface area contributed by atoms with Gasteiger partial charge in [-0.2, -0.15) is 4.99 Å². The molecule has 5 nitrogen and oxygen atoms in total. The van der Waals surface area contributed by atoms with Gasteiger partial charge in [0.05, 0.1) is 27.4 Å². The Morgan fingerprint density at radius 2 is 1.93 bits per heavy atom. The summed E-state index contributed by atoms with van der Waals surface area (Å²) < 4.78 is 7.03. The van der Waals surface area contributed by atoms with Crippen LogP contribution in [0, 0.1) is 0 Å². The summed E-state index contributed by atoms with van der Waals surface area (Å²) in [4.78, 5) is 28.6. The van der Waals surface area contributed by atoms with Gasteiger partial charge >= 0.3 is 5.97 Å². The summed E-state index contributed by atoms with van der Waals surface area (Å²) in [7, 11) is 1.29. The van der Waals surface area contributed by atoms with Crippen LogP contribution in [0.25, 0.3) is 16.3 Å². The lowest BCUT2D eigenvalue weighted by atomic mass is 10.2. The Morgan fingerprint density at radius 3 is 2.63 bits per heavy atom. The number of halogens is 2. The van der Waals surface area contributed by atoms with Crippen molar-refractivity contribution < 1.29 is 14.3 Å². The van der Waals surface area contributed by atoms with Crippen molar-refractivity contribution in [2.24, 2.45) is 4.99 Å². The molecular formula is C19H14Cl2N2O3S. The van der Waals surface area contributed by atoms with Crippen LogP contribution in [0.3, 0.4) is 0 Å². The van der Waals surface area contributed by atoms with Crippen LogP contribution in [0.4, 0.5) is 0 Å². The molecule has 3 aromatic rings. The molecule has 2 aromatic carbocycles. The Balaban J connectivity index is 2.06. The Kier molecular flexibility index (Phi) is 6.11. The molecule has 0 atom stereocenters. The first kappa shape index (κ1) is 19.4. The van der Waals surface area contributed by atoms with Crippen LogP contribution < -0.4 is 4.80 Å². The van der Waals surface area contributed by atoms with Crippen LogP contribution in [-0.4, -0.2) is 23.6 Å². The second-order valence-corrected chi connectivity index (χ2v) is 7.24. The van der Waals surface area contributed by atoms with Crippen molar-refractivity contribution in [1.82, 2.24) is 4.57 Å². The molecule has 3 rings (SSSR count). The molecule has 0 unspecified atom stereocenters. The lowest BCUT2D eigenvalue weighted by Gasteiger charge is -2.05. The minimum atomic E-state index is -0.487. The Bertz CT molecular complexity index is 1100. The number of ether oxygens (including phenoxy) is 1. The molecule has 1 amide bonds. The van der Waals surface area contributed by atoms with Crippen molar-refractivity contribution in [2.45, 2.75) is 6.54 Å². The monoisotopic (exact) mass is 420 g/mol. The molecule has 0 aliphatic heterocycles. The van der Waals surface area contributed by atoms with Crippen molar-refractivity contribution in [3.63, 3.8) is 0 Å². The predicted molar refractivity (Wildman–Crippen MR) is 108 cm³/mol. The summed E-state index contributed by atoms with van der Waals surface area (Å²) in [5.41, 5.74) is 1.42. The Labute approximate surface area is 169 Å². The van der Waals surface area contributed by atoms with E-state index >= 15 is 0 Å². The van der Waals surface area contributed by atoms with E-state index in [9.17, 15) is 9.59 Å².